The number of amides is 1. The Balaban J connectivity index is 1.75. The molecule has 7 nitrogen and oxygen atoms in total. The molecule has 1 saturated heterocycles. The Labute approximate surface area is 188 Å². The molecule has 0 unspecified atom stereocenters. The zero-order valence-electron chi connectivity index (χ0n) is 17.1. The van der Waals surface area contributed by atoms with Crippen LogP contribution in [0.4, 0.5) is 11.4 Å². The molecule has 4 rings (SSSR count). The fourth-order valence-electron chi connectivity index (χ4n) is 3.33. The summed E-state index contributed by atoms with van der Waals surface area (Å²) >= 11 is 1.21. The fourth-order valence-corrected chi connectivity index (χ4v) is 4.40. The quantitative estimate of drug-likeness (QED) is 0.310. The number of rotatable bonds is 5. The molecular weight excluding hydrogens is 426 g/mol. The van der Waals surface area contributed by atoms with Crippen molar-refractivity contribution in [3.05, 3.63) is 105 Å². The van der Waals surface area contributed by atoms with E-state index in [9.17, 15) is 20.0 Å². The van der Waals surface area contributed by atoms with E-state index in [1.165, 1.54) is 30.0 Å². The van der Waals surface area contributed by atoms with Crippen LogP contribution in [-0.4, -0.2) is 26.0 Å². The third-order valence-corrected chi connectivity index (χ3v) is 5.96. The Kier molecular flexibility index (Phi) is 6.04. The van der Waals surface area contributed by atoms with Crippen LogP contribution < -0.4 is 0 Å². The molecule has 3 aromatic rings. The molecule has 1 aliphatic rings. The van der Waals surface area contributed by atoms with E-state index in [0.29, 0.717) is 15.6 Å². The number of phenolic OH excluding ortho intramolecular Hbond substituents is 1. The van der Waals surface area contributed by atoms with E-state index in [1.54, 1.807) is 11.0 Å². The number of nitro benzene ring substituents is 1. The maximum Gasteiger partial charge on any atom is 0.311 e. The second-order valence-corrected chi connectivity index (χ2v) is 8.12. The predicted octanol–water partition coefficient (Wildman–Crippen LogP) is 5.67. The van der Waals surface area contributed by atoms with Gasteiger partial charge in [0.15, 0.2) is 10.9 Å². The number of hydrogen-bond acceptors (Lipinski definition) is 6. The molecular formula is C24H19N3O4S. The molecule has 8 heteroatoms. The first-order valence-corrected chi connectivity index (χ1v) is 10.6. The Morgan fingerprint density at radius 2 is 1.72 bits per heavy atom. The maximum atomic E-state index is 13.4. The number of carbonyl (C=O) groups excluding carboxylic acids is 1. The van der Waals surface area contributed by atoms with Gasteiger partial charge in [-0.05, 0) is 54.1 Å². The minimum absolute atomic E-state index is 0.239. The summed E-state index contributed by atoms with van der Waals surface area (Å²) in [6, 6.07) is 22.8. The Morgan fingerprint density at radius 1 is 1.06 bits per heavy atom. The van der Waals surface area contributed by atoms with E-state index in [1.807, 2.05) is 67.6 Å². The van der Waals surface area contributed by atoms with Crippen LogP contribution in [0.25, 0.3) is 6.08 Å². The summed E-state index contributed by atoms with van der Waals surface area (Å²) in [6.45, 7) is 1.93. The average Bonchev–Trinajstić information content (AvgIpc) is 3.10. The minimum atomic E-state index is -0.660. The zero-order chi connectivity index (χ0) is 22.7. The molecule has 1 amide bonds. The minimum Gasteiger partial charge on any atom is -0.502 e. The molecule has 0 saturated carbocycles. The summed E-state index contributed by atoms with van der Waals surface area (Å²) in [4.78, 5) is 30.6. The number of nitro groups is 1. The van der Waals surface area contributed by atoms with E-state index in [0.717, 1.165) is 11.3 Å². The van der Waals surface area contributed by atoms with E-state index in [2.05, 4.69) is 4.99 Å². The lowest BCUT2D eigenvalue weighted by molar-refractivity contribution is -0.385. The van der Waals surface area contributed by atoms with Crippen LogP contribution in [0.1, 0.15) is 24.1 Å². The van der Waals surface area contributed by atoms with Gasteiger partial charge in [0.1, 0.15) is 0 Å². The number of aliphatic imine (C=N–C) groups is 1. The SMILES string of the molecule is C[C@@H](c1ccccc1)N1C(=O)/C(=C\c2ccc(O)c([N+](=O)[O-])c2)SC1=Nc1ccccc1. The summed E-state index contributed by atoms with van der Waals surface area (Å²) in [5.74, 6) is -0.662. The van der Waals surface area contributed by atoms with E-state index in [4.69, 9.17) is 0 Å². The van der Waals surface area contributed by atoms with Crippen molar-refractivity contribution in [1.82, 2.24) is 4.90 Å². The van der Waals surface area contributed by atoms with Crippen molar-refractivity contribution in [2.24, 2.45) is 4.99 Å². The number of phenols is 1. The molecule has 0 aliphatic carbocycles. The van der Waals surface area contributed by atoms with Gasteiger partial charge in [0.2, 0.25) is 0 Å². The van der Waals surface area contributed by atoms with E-state index >= 15 is 0 Å². The molecule has 160 valence electrons. The summed E-state index contributed by atoms with van der Waals surface area (Å²) < 4.78 is 0. The molecule has 0 bridgehead atoms. The van der Waals surface area contributed by atoms with Crippen molar-refractivity contribution < 1.29 is 14.8 Å². The lowest BCUT2D eigenvalue weighted by atomic mass is 10.1. The number of thioether (sulfide) groups is 1. The van der Waals surface area contributed by atoms with Gasteiger partial charge in [0.25, 0.3) is 5.91 Å². The lowest BCUT2D eigenvalue weighted by Gasteiger charge is -2.24. The molecule has 1 atom stereocenters. The fraction of sp³-hybridized carbons (Fsp3) is 0.0833. The Morgan fingerprint density at radius 3 is 2.38 bits per heavy atom. The molecule has 3 aromatic carbocycles. The molecule has 1 heterocycles. The van der Waals surface area contributed by atoms with Crippen molar-refractivity contribution in [3.63, 3.8) is 0 Å². The van der Waals surface area contributed by atoms with Gasteiger partial charge >= 0.3 is 5.69 Å². The number of nitrogens with zero attached hydrogens (tertiary/aromatic N) is 3. The molecule has 1 fully saturated rings. The van der Waals surface area contributed by atoms with E-state index in [-0.39, 0.29) is 11.9 Å². The van der Waals surface area contributed by atoms with Crippen LogP contribution in [-0.2, 0) is 4.79 Å². The summed E-state index contributed by atoms with van der Waals surface area (Å²) in [5.41, 5.74) is 1.71. The third-order valence-electron chi connectivity index (χ3n) is 4.98. The number of amidine groups is 1. The van der Waals surface area contributed by atoms with Crippen LogP contribution >= 0.6 is 11.8 Å². The van der Waals surface area contributed by atoms with Crippen LogP contribution in [0.15, 0.2) is 88.8 Å². The lowest BCUT2D eigenvalue weighted by Crippen LogP contribution is -2.32. The molecule has 32 heavy (non-hydrogen) atoms. The second-order valence-electron chi connectivity index (χ2n) is 7.11. The highest BCUT2D eigenvalue weighted by Crippen LogP contribution is 2.39. The smallest absolute Gasteiger partial charge is 0.311 e. The topological polar surface area (TPSA) is 96.0 Å². The first-order chi connectivity index (χ1) is 15.4. The number of benzene rings is 3. The monoisotopic (exact) mass is 445 g/mol. The van der Waals surface area contributed by atoms with Gasteiger partial charge in [0, 0.05) is 6.07 Å². The third kappa shape index (κ3) is 4.40. The molecule has 1 aliphatic heterocycles. The van der Waals surface area contributed by atoms with Crippen molar-refractivity contribution >= 4 is 40.3 Å². The van der Waals surface area contributed by atoms with Crippen LogP contribution in [0.2, 0.25) is 0 Å². The van der Waals surface area contributed by atoms with Crippen molar-refractivity contribution in [1.29, 1.82) is 0 Å². The first-order valence-electron chi connectivity index (χ1n) is 9.83. The van der Waals surface area contributed by atoms with Crippen molar-refractivity contribution in [2.45, 2.75) is 13.0 Å². The molecule has 0 spiro atoms. The van der Waals surface area contributed by atoms with Gasteiger partial charge in [-0.3, -0.25) is 19.8 Å². The highest BCUT2D eigenvalue weighted by atomic mass is 32.2. The largest absolute Gasteiger partial charge is 0.502 e. The molecule has 1 N–H and O–H groups in total. The normalized spacial score (nSPS) is 17.2. The van der Waals surface area contributed by atoms with Gasteiger partial charge in [-0.25, -0.2) is 4.99 Å². The van der Waals surface area contributed by atoms with Crippen molar-refractivity contribution in [2.75, 3.05) is 0 Å². The van der Waals surface area contributed by atoms with Gasteiger partial charge < -0.3 is 5.11 Å². The standard InChI is InChI=1S/C24H19N3O4S/c1-16(18-8-4-2-5-9-18)26-23(29)22(32-24(26)25-19-10-6-3-7-11-19)15-17-12-13-21(28)20(14-17)27(30)31/h2-16,28H,1H3/b22-15+,25-24?/t16-/m0/s1. The van der Waals surface area contributed by atoms with Crippen LogP contribution in [0, 0.1) is 10.1 Å². The van der Waals surface area contributed by atoms with Gasteiger partial charge in [-0.2, -0.15) is 0 Å². The Hall–Kier alpha value is -3.91. The summed E-state index contributed by atoms with van der Waals surface area (Å²) in [7, 11) is 0. The van der Waals surface area contributed by atoms with Crippen molar-refractivity contribution in [3.8, 4) is 5.75 Å². The predicted molar refractivity (Wildman–Crippen MR) is 126 cm³/mol. The first kappa shape index (κ1) is 21.3. The zero-order valence-corrected chi connectivity index (χ0v) is 17.9. The Bertz CT molecular complexity index is 1230. The molecule has 0 radical (unpaired) electrons. The number of hydrogen-bond donors (Lipinski definition) is 1. The van der Waals surface area contributed by atoms with E-state index < -0.39 is 16.4 Å². The summed E-state index contributed by atoms with van der Waals surface area (Å²) in [6.07, 6.45) is 1.58. The summed E-state index contributed by atoms with van der Waals surface area (Å²) in [5, 5.41) is 21.4. The van der Waals surface area contributed by atoms with Gasteiger partial charge in [-0.1, -0.05) is 54.6 Å². The highest BCUT2D eigenvalue weighted by molar-refractivity contribution is 8.18. The second kappa shape index (κ2) is 9.07. The van der Waals surface area contributed by atoms with Crippen LogP contribution in [0.5, 0.6) is 5.75 Å². The van der Waals surface area contributed by atoms with Gasteiger partial charge in [0.05, 0.1) is 21.6 Å². The number of carbonyl (C=O) groups is 1. The maximum absolute atomic E-state index is 13.4. The van der Waals surface area contributed by atoms with Crippen LogP contribution in [0.3, 0.4) is 0 Å². The number of para-hydroxylation sites is 1. The highest BCUT2D eigenvalue weighted by Gasteiger charge is 2.37. The molecule has 0 aromatic heterocycles. The average molecular weight is 446 g/mol. The number of aromatic hydroxyl groups is 1. The van der Waals surface area contributed by atoms with Gasteiger partial charge in [-0.15, -0.1) is 0 Å².